The minimum Gasteiger partial charge on any atom is -0.378 e. The fourth-order valence-electron chi connectivity index (χ4n) is 2.44. The van der Waals surface area contributed by atoms with Crippen molar-refractivity contribution in [3.05, 3.63) is 35.9 Å². The van der Waals surface area contributed by atoms with Gasteiger partial charge in [0, 0.05) is 6.54 Å². The van der Waals surface area contributed by atoms with Crippen molar-refractivity contribution >= 4 is 5.90 Å². The Labute approximate surface area is 114 Å². The summed E-state index contributed by atoms with van der Waals surface area (Å²) in [7, 11) is 0. The van der Waals surface area contributed by atoms with Crippen molar-refractivity contribution in [2.45, 2.75) is 24.8 Å². The van der Waals surface area contributed by atoms with Gasteiger partial charge in [0.1, 0.15) is 0 Å². The number of hydrogen-bond donors (Lipinski definition) is 1. The van der Waals surface area contributed by atoms with Gasteiger partial charge in [0.25, 0.3) is 0 Å². The van der Waals surface area contributed by atoms with Gasteiger partial charge in [-0.15, -0.1) is 5.06 Å². The second-order valence-electron chi connectivity index (χ2n) is 4.81. The van der Waals surface area contributed by atoms with E-state index in [1.807, 2.05) is 6.07 Å². The highest BCUT2D eigenvalue weighted by molar-refractivity contribution is 5.82. The zero-order chi connectivity index (χ0) is 14.2. The normalized spacial score (nSPS) is 27.4. The molecule has 2 aliphatic rings. The molecule has 0 spiro atoms. The summed E-state index contributed by atoms with van der Waals surface area (Å²) < 4.78 is 38.4. The topological polar surface area (TPSA) is 36.9 Å². The maximum Gasteiger partial charge on any atom is 0.470 e. The number of rotatable bonds is 2. The van der Waals surface area contributed by atoms with Crippen LogP contribution in [-0.2, 0) is 4.84 Å². The van der Waals surface area contributed by atoms with Gasteiger partial charge in [0.15, 0.2) is 6.17 Å². The zero-order valence-electron chi connectivity index (χ0n) is 10.6. The fraction of sp³-hybridized carbons (Fsp3) is 0.462. The molecule has 7 heteroatoms. The molecule has 1 aromatic carbocycles. The van der Waals surface area contributed by atoms with E-state index in [9.17, 15) is 13.2 Å². The van der Waals surface area contributed by atoms with Crippen molar-refractivity contribution < 1.29 is 18.0 Å². The largest absolute Gasteiger partial charge is 0.470 e. The lowest BCUT2D eigenvalue weighted by Gasteiger charge is -2.26. The van der Waals surface area contributed by atoms with Gasteiger partial charge in [-0.2, -0.15) is 13.2 Å². The molecule has 4 nitrogen and oxygen atoms in total. The van der Waals surface area contributed by atoms with E-state index in [0.717, 1.165) is 13.0 Å². The Morgan fingerprint density at radius 2 is 2.00 bits per heavy atom. The lowest BCUT2D eigenvalue weighted by Crippen LogP contribution is -2.38. The molecule has 1 fully saturated rings. The molecule has 1 unspecified atom stereocenters. The predicted molar refractivity (Wildman–Crippen MR) is 66.9 cm³/mol. The molecule has 0 bridgehead atoms. The van der Waals surface area contributed by atoms with Gasteiger partial charge >= 0.3 is 12.1 Å². The Balaban J connectivity index is 1.90. The maximum atomic E-state index is 12.8. The van der Waals surface area contributed by atoms with Crippen LogP contribution in [0.5, 0.6) is 0 Å². The van der Waals surface area contributed by atoms with Crippen LogP contribution >= 0.6 is 0 Å². The SMILES string of the molecule is FC(F)(F)C1=N[C@H](c2ccccc2)N(C2CCNC2)O1. The quantitative estimate of drug-likeness (QED) is 0.905. The Morgan fingerprint density at radius 3 is 2.60 bits per heavy atom. The van der Waals surface area contributed by atoms with Gasteiger partial charge in [0.05, 0.1) is 6.04 Å². The molecule has 0 saturated carbocycles. The van der Waals surface area contributed by atoms with Crippen molar-refractivity contribution in [2.75, 3.05) is 13.1 Å². The minimum atomic E-state index is -4.56. The number of nitrogens with zero attached hydrogens (tertiary/aromatic N) is 2. The van der Waals surface area contributed by atoms with E-state index < -0.39 is 18.2 Å². The summed E-state index contributed by atoms with van der Waals surface area (Å²) in [5.41, 5.74) is 0.693. The van der Waals surface area contributed by atoms with Crippen LogP contribution in [0.3, 0.4) is 0 Å². The molecule has 1 saturated heterocycles. The van der Waals surface area contributed by atoms with Crippen LogP contribution in [0.2, 0.25) is 0 Å². The Kier molecular flexibility index (Phi) is 3.39. The molecule has 0 aliphatic carbocycles. The highest BCUT2D eigenvalue weighted by Gasteiger charge is 2.48. The summed E-state index contributed by atoms with van der Waals surface area (Å²) in [4.78, 5) is 8.72. The molecular weight excluding hydrogens is 271 g/mol. The number of nitrogens with one attached hydrogen (secondary N) is 1. The van der Waals surface area contributed by atoms with Crippen molar-refractivity contribution in [3.8, 4) is 0 Å². The molecule has 20 heavy (non-hydrogen) atoms. The van der Waals surface area contributed by atoms with Gasteiger partial charge in [-0.3, -0.25) is 0 Å². The molecule has 108 valence electrons. The summed E-state index contributed by atoms with van der Waals surface area (Å²) in [5.74, 6) is -1.17. The third-order valence-electron chi connectivity index (χ3n) is 3.41. The van der Waals surface area contributed by atoms with E-state index in [2.05, 4.69) is 10.3 Å². The fourth-order valence-corrected chi connectivity index (χ4v) is 2.44. The summed E-state index contributed by atoms with van der Waals surface area (Å²) in [5, 5.41) is 4.48. The highest BCUT2D eigenvalue weighted by Crippen LogP contribution is 2.35. The standard InChI is InChI=1S/C13H14F3N3O/c14-13(15,16)12-18-11(9-4-2-1-3-5-9)19(20-12)10-6-7-17-8-10/h1-5,10-11,17H,6-8H2/t10?,11-/m0/s1. The van der Waals surface area contributed by atoms with Crippen LogP contribution in [0.1, 0.15) is 18.2 Å². The Bertz CT molecular complexity index is 497. The average molecular weight is 285 g/mol. The van der Waals surface area contributed by atoms with E-state index in [4.69, 9.17) is 4.84 Å². The van der Waals surface area contributed by atoms with Gasteiger partial charge < -0.3 is 10.2 Å². The average Bonchev–Trinajstić information content (AvgIpc) is 3.08. The zero-order valence-corrected chi connectivity index (χ0v) is 10.6. The van der Waals surface area contributed by atoms with E-state index in [-0.39, 0.29) is 6.04 Å². The first-order chi connectivity index (χ1) is 9.55. The van der Waals surface area contributed by atoms with Gasteiger partial charge in [-0.25, -0.2) is 4.99 Å². The third kappa shape index (κ3) is 2.51. The molecule has 1 aromatic rings. The van der Waals surface area contributed by atoms with Gasteiger partial charge in [-0.1, -0.05) is 30.3 Å². The number of alkyl halides is 3. The number of hydroxylamine groups is 2. The second kappa shape index (κ2) is 5.06. The van der Waals surface area contributed by atoms with Gasteiger partial charge in [0.2, 0.25) is 0 Å². The molecule has 2 atom stereocenters. The van der Waals surface area contributed by atoms with Gasteiger partial charge in [-0.05, 0) is 18.5 Å². The molecule has 3 rings (SSSR count). The lowest BCUT2D eigenvalue weighted by atomic mass is 10.1. The smallest absolute Gasteiger partial charge is 0.378 e. The number of aliphatic imine (C=N–C) groups is 1. The van der Waals surface area contributed by atoms with Crippen LogP contribution in [0.15, 0.2) is 35.3 Å². The Hall–Kier alpha value is -1.60. The molecule has 0 amide bonds. The van der Waals surface area contributed by atoms with E-state index >= 15 is 0 Å². The summed E-state index contributed by atoms with van der Waals surface area (Å²) in [6.07, 6.45) is -4.56. The van der Waals surface area contributed by atoms with Crippen LogP contribution in [-0.4, -0.2) is 36.3 Å². The summed E-state index contributed by atoms with van der Waals surface area (Å²) >= 11 is 0. The van der Waals surface area contributed by atoms with E-state index in [1.54, 1.807) is 24.3 Å². The Morgan fingerprint density at radius 1 is 1.25 bits per heavy atom. The first kappa shape index (κ1) is 13.4. The second-order valence-corrected chi connectivity index (χ2v) is 4.81. The maximum absolute atomic E-state index is 12.8. The van der Waals surface area contributed by atoms with Crippen molar-refractivity contribution in [1.82, 2.24) is 10.4 Å². The molecule has 2 aliphatic heterocycles. The predicted octanol–water partition coefficient (Wildman–Crippen LogP) is 2.26. The molecule has 0 aromatic heterocycles. The van der Waals surface area contributed by atoms with E-state index in [0.29, 0.717) is 12.1 Å². The van der Waals surface area contributed by atoms with Crippen molar-refractivity contribution in [1.29, 1.82) is 0 Å². The highest BCUT2D eigenvalue weighted by atomic mass is 19.4. The molecular formula is C13H14F3N3O. The monoisotopic (exact) mass is 285 g/mol. The van der Waals surface area contributed by atoms with Crippen LogP contribution in [0, 0.1) is 0 Å². The lowest BCUT2D eigenvalue weighted by molar-refractivity contribution is -0.151. The van der Waals surface area contributed by atoms with E-state index in [1.165, 1.54) is 5.06 Å². The number of halogens is 3. The van der Waals surface area contributed by atoms with Crippen LogP contribution < -0.4 is 5.32 Å². The number of benzene rings is 1. The van der Waals surface area contributed by atoms with Crippen LogP contribution in [0.4, 0.5) is 13.2 Å². The summed E-state index contributed by atoms with van der Waals surface area (Å²) in [6, 6.07) is 8.78. The molecule has 0 radical (unpaired) electrons. The first-order valence-electron chi connectivity index (χ1n) is 6.42. The minimum absolute atomic E-state index is 0.108. The molecule has 2 heterocycles. The number of hydrogen-bond acceptors (Lipinski definition) is 4. The third-order valence-corrected chi connectivity index (χ3v) is 3.41. The molecule has 1 N–H and O–H groups in total. The summed E-state index contributed by atoms with van der Waals surface area (Å²) in [6.45, 7) is 1.37. The van der Waals surface area contributed by atoms with Crippen LogP contribution in [0.25, 0.3) is 0 Å². The van der Waals surface area contributed by atoms with Crippen molar-refractivity contribution in [3.63, 3.8) is 0 Å². The first-order valence-corrected chi connectivity index (χ1v) is 6.42. The van der Waals surface area contributed by atoms with Crippen molar-refractivity contribution in [2.24, 2.45) is 4.99 Å².